The molecule has 1 aliphatic heterocycles. The number of hydrogen-bond donors (Lipinski definition) is 2. The van der Waals surface area contributed by atoms with Crippen LogP contribution in [0.1, 0.15) is 47.0 Å². The van der Waals surface area contributed by atoms with E-state index in [4.69, 9.17) is 0 Å². The number of carbonyl (C=O) groups is 2. The van der Waals surface area contributed by atoms with Crippen LogP contribution in [-0.4, -0.2) is 42.0 Å². The van der Waals surface area contributed by atoms with Gasteiger partial charge in [-0.3, -0.25) is 4.79 Å². The van der Waals surface area contributed by atoms with Gasteiger partial charge in [0.2, 0.25) is 5.91 Å². The van der Waals surface area contributed by atoms with Crippen LogP contribution >= 0.6 is 0 Å². The summed E-state index contributed by atoms with van der Waals surface area (Å²) in [7, 11) is 0. The minimum Gasteiger partial charge on any atom is -0.338 e. The van der Waals surface area contributed by atoms with Crippen LogP contribution < -0.4 is 10.6 Å². The van der Waals surface area contributed by atoms with E-state index in [1.54, 1.807) is 6.92 Å². The number of rotatable bonds is 4. The maximum Gasteiger partial charge on any atom is 0.315 e. The van der Waals surface area contributed by atoms with Gasteiger partial charge in [-0.1, -0.05) is 13.8 Å². The summed E-state index contributed by atoms with van der Waals surface area (Å²) in [5.74, 6) is 0.422. The molecule has 0 spiro atoms. The van der Waals surface area contributed by atoms with E-state index in [0.717, 1.165) is 19.4 Å². The molecule has 3 amide bonds. The standard InChI is InChI=1S/C14H27N3O2/c1-10(2)9-15-14(19)16-12(4)13(18)17-8-6-5-7-11(17)3/h10-12H,5-9H2,1-4H3,(H2,15,16,19)/t11-,12+/m0/s1. The molecule has 1 fully saturated rings. The lowest BCUT2D eigenvalue weighted by Crippen LogP contribution is -2.53. The first kappa shape index (κ1) is 15.8. The first-order valence-corrected chi connectivity index (χ1v) is 7.26. The summed E-state index contributed by atoms with van der Waals surface area (Å²) in [6.45, 7) is 9.31. The number of urea groups is 1. The van der Waals surface area contributed by atoms with Crippen LogP contribution in [0.4, 0.5) is 4.79 Å². The Morgan fingerprint density at radius 1 is 1.26 bits per heavy atom. The third kappa shape index (κ3) is 5.09. The van der Waals surface area contributed by atoms with Crippen molar-refractivity contribution in [2.24, 2.45) is 5.92 Å². The van der Waals surface area contributed by atoms with Crippen LogP contribution in [0, 0.1) is 5.92 Å². The van der Waals surface area contributed by atoms with Crippen LogP contribution in [0.3, 0.4) is 0 Å². The van der Waals surface area contributed by atoms with Gasteiger partial charge in [-0.25, -0.2) is 4.79 Å². The number of amides is 3. The maximum absolute atomic E-state index is 12.3. The van der Waals surface area contributed by atoms with E-state index < -0.39 is 6.04 Å². The summed E-state index contributed by atoms with van der Waals surface area (Å²) in [4.78, 5) is 25.8. The van der Waals surface area contributed by atoms with E-state index in [0.29, 0.717) is 12.5 Å². The Kier molecular flexibility index (Phi) is 6.12. The van der Waals surface area contributed by atoms with Crippen LogP contribution in [0.2, 0.25) is 0 Å². The van der Waals surface area contributed by atoms with Gasteiger partial charge in [-0.15, -0.1) is 0 Å². The van der Waals surface area contributed by atoms with Crippen LogP contribution in [0.5, 0.6) is 0 Å². The molecule has 1 rings (SSSR count). The lowest BCUT2D eigenvalue weighted by molar-refractivity contribution is -0.136. The third-order valence-electron chi connectivity index (χ3n) is 3.47. The average molecular weight is 269 g/mol. The predicted octanol–water partition coefficient (Wildman–Crippen LogP) is 1.73. The highest BCUT2D eigenvalue weighted by molar-refractivity contribution is 5.86. The third-order valence-corrected chi connectivity index (χ3v) is 3.47. The molecule has 1 aliphatic rings. The molecule has 19 heavy (non-hydrogen) atoms. The number of likely N-dealkylation sites (tertiary alicyclic amines) is 1. The molecule has 1 saturated heterocycles. The van der Waals surface area contributed by atoms with E-state index >= 15 is 0 Å². The van der Waals surface area contributed by atoms with Gasteiger partial charge in [0, 0.05) is 19.1 Å². The Balaban J connectivity index is 2.41. The molecule has 0 saturated carbocycles. The normalized spacial score (nSPS) is 21.1. The zero-order valence-electron chi connectivity index (χ0n) is 12.5. The molecule has 2 atom stereocenters. The fourth-order valence-corrected chi connectivity index (χ4v) is 2.28. The van der Waals surface area contributed by atoms with Crippen molar-refractivity contribution >= 4 is 11.9 Å². The van der Waals surface area contributed by atoms with E-state index in [9.17, 15) is 9.59 Å². The van der Waals surface area contributed by atoms with Gasteiger partial charge in [0.1, 0.15) is 6.04 Å². The summed E-state index contributed by atoms with van der Waals surface area (Å²) in [6.07, 6.45) is 3.29. The molecule has 0 aromatic heterocycles. The minimum absolute atomic E-state index is 0.0203. The fraction of sp³-hybridized carbons (Fsp3) is 0.857. The number of carbonyl (C=O) groups excluding carboxylic acids is 2. The van der Waals surface area contributed by atoms with Crippen molar-refractivity contribution in [2.75, 3.05) is 13.1 Å². The Labute approximate surface area is 116 Å². The van der Waals surface area contributed by atoms with E-state index in [2.05, 4.69) is 17.6 Å². The lowest BCUT2D eigenvalue weighted by Gasteiger charge is -2.35. The van der Waals surface area contributed by atoms with Gasteiger partial charge in [-0.05, 0) is 39.0 Å². The molecule has 0 aromatic carbocycles. The van der Waals surface area contributed by atoms with Crippen molar-refractivity contribution in [1.29, 1.82) is 0 Å². The SMILES string of the molecule is CC(C)CNC(=O)N[C@H](C)C(=O)N1CCCC[C@@H]1C. The van der Waals surface area contributed by atoms with Crippen molar-refractivity contribution < 1.29 is 9.59 Å². The quantitative estimate of drug-likeness (QED) is 0.816. The monoisotopic (exact) mass is 269 g/mol. The lowest BCUT2D eigenvalue weighted by atomic mass is 10.0. The molecule has 2 N–H and O–H groups in total. The molecule has 0 unspecified atom stereocenters. The summed E-state index contributed by atoms with van der Waals surface area (Å²) in [5.41, 5.74) is 0. The van der Waals surface area contributed by atoms with Crippen molar-refractivity contribution in [3.8, 4) is 0 Å². The van der Waals surface area contributed by atoms with Crippen molar-refractivity contribution in [3.05, 3.63) is 0 Å². The highest BCUT2D eigenvalue weighted by atomic mass is 16.2. The van der Waals surface area contributed by atoms with Gasteiger partial charge >= 0.3 is 6.03 Å². The molecule has 110 valence electrons. The van der Waals surface area contributed by atoms with E-state index in [-0.39, 0.29) is 18.0 Å². The number of piperidine rings is 1. The molecule has 0 bridgehead atoms. The Morgan fingerprint density at radius 2 is 1.95 bits per heavy atom. The van der Waals surface area contributed by atoms with Gasteiger partial charge in [-0.2, -0.15) is 0 Å². The summed E-state index contributed by atoms with van der Waals surface area (Å²) in [5, 5.41) is 5.47. The molecule has 0 aromatic rings. The Bertz CT molecular complexity index is 318. The predicted molar refractivity (Wildman–Crippen MR) is 75.9 cm³/mol. The van der Waals surface area contributed by atoms with E-state index in [1.807, 2.05) is 18.7 Å². The molecule has 5 nitrogen and oxygen atoms in total. The highest BCUT2D eigenvalue weighted by Crippen LogP contribution is 2.17. The molecule has 0 aliphatic carbocycles. The molecule has 5 heteroatoms. The van der Waals surface area contributed by atoms with Crippen LogP contribution in [-0.2, 0) is 4.79 Å². The van der Waals surface area contributed by atoms with E-state index in [1.165, 1.54) is 6.42 Å². The maximum atomic E-state index is 12.3. The molecular weight excluding hydrogens is 242 g/mol. The molecule has 0 radical (unpaired) electrons. The Morgan fingerprint density at radius 3 is 2.53 bits per heavy atom. The second-order valence-corrected chi connectivity index (χ2v) is 5.85. The smallest absolute Gasteiger partial charge is 0.315 e. The summed E-state index contributed by atoms with van der Waals surface area (Å²) in [6, 6.07) is -0.448. The topological polar surface area (TPSA) is 61.4 Å². The van der Waals surface area contributed by atoms with Crippen molar-refractivity contribution in [2.45, 2.75) is 59.0 Å². The Hall–Kier alpha value is -1.26. The van der Waals surface area contributed by atoms with Gasteiger partial charge < -0.3 is 15.5 Å². The largest absolute Gasteiger partial charge is 0.338 e. The summed E-state index contributed by atoms with van der Waals surface area (Å²) < 4.78 is 0. The van der Waals surface area contributed by atoms with Gasteiger partial charge in [0.05, 0.1) is 0 Å². The minimum atomic E-state index is -0.465. The first-order valence-electron chi connectivity index (χ1n) is 7.26. The van der Waals surface area contributed by atoms with Gasteiger partial charge in [0.15, 0.2) is 0 Å². The van der Waals surface area contributed by atoms with Crippen LogP contribution in [0.15, 0.2) is 0 Å². The van der Waals surface area contributed by atoms with Crippen molar-refractivity contribution in [3.63, 3.8) is 0 Å². The molecular formula is C14H27N3O2. The van der Waals surface area contributed by atoms with Crippen LogP contribution in [0.25, 0.3) is 0 Å². The fourth-order valence-electron chi connectivity index (χ4n) is 2.28. The second-order valence-electron chi connectivity index (χ2n) is 5.85. The second kappa shape index (κ2) is 7.36. The molecule has 1 heterocycles. The zero-order valence-corrected chi connectivity index (χ0v) is 12.5. The van der Waals surface area contributed by atoms with Gasteiger partial charge in [0.25, 0.3) is 0 Å². The number of nitrogens with zero attached hydrogens (tertiary/aromatic N) is 1. The zero-order chi connectivity index (χ0) is 14.4. The first-order chi connectivity index (χ1) is 8.91. The highest BCUT2D eigenvalue weighted by Gasteiger charge is 2.27. The average Bonchev–Trinajstić information content (AvgIpc) is 2.36. The number of hydrogen-bond acceptors (Lipinski definition) is 2. The summed E-state index contributed by atoms with van der Waals surface area (Å²) >= 11 is 0. The number of nitrogens with one attached hydrogen (secondary N) is 2. The van der Waals surface area contributed by atoms with Crippen molar-refractivity contribution in [1.82, 2.24) is 15.5 Å².